The molecule has 1 saturated heterocycles. The fourth-order valence-electron chi connectivity index (χ4n) is 2.30. The predicted octanol–water partition coefficient (Wildman–Crippen LogP) is 1.77. The summed E-state index contributed by atoms with van der Waals surface area (Å²) in [7, 11) is 0. The van der Waals surface area contributed by atoms with Crippen molar-refractivity contribution in [1.29, 1.82) is 0 Å². The number of amides is 1. The Balaban J connectivity index is 2.11. The molecule has 0 bridgehead atoms. The molecule has 21 heavy (non-hydrogen) atoms. The molecule has 0 radical (unpaired) electrons. The third-order valence-electron chi connectivity index (χ3n) is 3.75. The highest BCUT2D eigenvalue weighted by molar-refractivity contribution is 7.97. The van der Waals surface area contributed by atoms with Gasteiger partial charge in [0, 0.05) is 11.3 Å². The van der Waals surface area contributed by atoms with Crippen LogP contribution in [0.25, 0.3) is 0 Å². The normalized spacial score (nSPS) is 24.8. The third kappa shape index (κ3) is 3.39. The molecule has 5 nitrogen and oxygen atoms in total. The lowest BCUT2D eigenvalue weighted by molar-refractivity contribution is -0.148. The Morgan fingerprint density at radius 2 is 2.29 bits per heavy atom. The number of thioether (sulfide) groups is 1. The van der Waals surface area contributed by atoms with Gasteiger partial charge in [-0.1, -0.05) is 12.1 Å². The van der Waals surface area contributed by atoms with Gasteiger partial charge in [0.15, 0.2) is 0 Å². The largest absolute Gasteiger partial charge is 0.481 e. The van der Waals surface area contributed by atoms with Crippen molar-refractivity contribution in [1.82, 2.24) is 5.32 Å². The Kier molecular flexibility index (Phi) is 4.90. The number of carbonyl (C=O) groups excluding carboxylic acids is 1. The first-order valence-electron chi connectivity index (χ1n) is 6.67. The van der Waals surface area contributed by atoms with Crippen LogP contribution in [0.15, 0.2) is 24.3 Å². The molecule has 0 aliphatic carbocycles. The first kappa shape index (κ1) is 15.9. The van der Waals surface area contributed by atoms with Crippen molar-refractivity contribution >= 4 is 23.6 Å². The van der Waals surface area contributed by atoms with E-state index in [0.29, 0.717) is 5.56 Å². The monoisotopic (exact) mass is 309 g/mol. The molecule has 1 heterocycles. The zero-order chi connectivity index (χ0) is 15.5. The van der Waals surface area contributed by atoms with E-state index in [4.69, 9.17) is 4.74 Å². The van der Waals surface area contributed by atoms with Crippen molar-refractivity contribution < 1.29 is 19.4 Å². The van der Waals surface area contributed by atoms with Gasteiger partial charge < -0.3 is 15.2 Å². The molecular formula is C15H19NO4S. The van der Waals surface area contributed by atoms with Gasteiger partial charge in [-0.25, -0.2) is 0 Å². The van der Waals surface area contributed by atoms with Crippen LogP contribution in [0.3, 0.4) is 0 Å². The van der Waals surface area contributed by atoms with E-state index in [-0.39, 0.29) is 19.1 Å². The minimum Gasteiger partial charge on any atom is -0.481 e. The van der Waals surface area contributed by atoms with E-state index in [1.165, 1.54) is 0 Å². The highest BCUT2D eigenvalue weighted by Crippen LogP contribution is 2.29. The van der Waals surface area contributed by atoms with Crippen LogP contribution >= 0.6 is 11.8 Å². The number of carboxylic acid groups (broad SMARTS) is 1. The first-order chi connectivity index (χ1) is 9.97. The van der Waals surface area contributed by atoms with Gasteiger partial charge in [-0.3, -0.25) is 9.59 Å². The maximum atomic E-state index is 12.3. The van der Waals surface area contributed by atoms with Crippen molar-refractivity contribution in [3.63, 3.8) is 0 Å². The van der Waals surface area contributed by atoms with Crippen LogP contribution in [0.2, 0.25) is 0 Å². The summed E-state index contributed by atoms with van der Waals surface area (Å²) >= 11 is 1.68. The van der Waals surface area contributed by atoms with E-state index in [2.05, 4.69) is 5.32 Å². The van der Waals surface area contributed by atoms with E-state index < -0.39 is 17.4 Å². The van der Waals surface area contributed by atoms with E-state index in [1.807, 2.05) is 24.5 Å². The molecule has 1 aromatic carbocycles. The fraction of sp³-hybridized carbons (Fsp3) is 0.467. The number of carbonyl (C=O) groups is 2. The van der Waals surface area contributed by atoms with E-state index in [9.17, 15) is 14.7 Å². The quantitative estimate of drug-likeness (QED) is 0.867. The Morgan fingerprint density at radius 1 is 1.52 bits per heavy atom. The second-order valence-electron chi connectivity index (χ2n) is 5.40. The van der Waals surface area contributed by atoms with Gasteiger partial charge in [-0.05, 0) is 30.9 Å². The number of ether oxygens (including phenoxy) is 1. The number of rotatable bonds is 5. The Hall–Kier alpha value is -1.53. The summed E-state index contributed by atoms with van der Waals surface area (Å²) in [5.74, 6) is -0.386. The Bertz CT molecular complexity index is 548. The fourth-order valence-corrected chi connectivity index (χ4v) is 2.81. The SMILES string of the molecule is CSCc1cccc(C(=O)NC2COCC2(C)C(=O)O)c1. The Morgan fingerprint density at radius 3 is 2.95 bits per heavy atom. The zero-order valence-corrected chi connectivity index (χ0v) is 12.9. The first-order valence-corrected chi connectivity index (χ1v) is 8.06. The van der Waals surface area contributed by atoms with Crippen LogP contribution in [-0.4, -0.2) is 42.5 Å². The van der Waals surface area contributed by atoms with Gasteiger partial charge in [-0.15, -0.1) is 0 Å². The molecule has 0 aromatic heterocycles. The molecule has 1 aliphatic heterocycles. The predicted molar refractivity (Wildman–Crippen MR) is 81.5 cm³/mol. The molecule has 2 unspecified atom stereocenters. The van der Waals surface area contributed by atoms with E-state index >= 15 is 0 Å². The molecule has 1 amide bonds. The molecule has 2 atom stereocenters. The summed E-state index contributed by atoms with van der Waals surface area (Å²) < 4.78 is 5.23. The molecule has 1 aromatic rings. The number of hydrogen-bond donors (Lipinski definition) is 2. The smallest absolute Gasteiger partial charge is 0.313 e. The summed E-state index contributed by atoms with van der Waals surface area (Å²) in [6, 6.07) is 6.84. The number of carboxylic acids is 1. The highest BCUT2D eigenvalue weighted by atomic mass is 32.2. The highest BCUT2D eigenvalue weighted by Gasteiger charge is 2.47. The molecule has 1 fully saturated rings. The van der Waals surface area contributed by atoms with Crippen LogP contribution in [0.1, 0.15) is 22.8 Å². The molecule has 114 valence electrons. The van der Waals surface area contributed by atoms with Gasteiger partial charge in [0.2, 0.25) is 0 Å². The average Bonchev–Trinajstić information content (AvgIpc) is 2.82. The van der Waals surface area contributed by atoms with Gasteiger partial charge in [-0.2, -0.15) is 11.8 Å². The van der Waals surface area contributed by atoms with E-state index in [0.717, 1.165) is 11.3 Å². The lowest BCUT2D eigenvalue weighted by Crippen LogP contribution is -2.49. The zero-order valence-electron chi connectivity index (χ0n) is 12.1. The summed E-state index contributed by atoms with van der Waals surface area (Å²) in [5.41, 5.74) is 0.534. The average molecular weight is 309 g/mol. The summed E-state index contributed by atoms with van der Waals surface area (Å²) in [5, 5.41) is 12.1. The lowest BCUT2D eigenvalue weighted by Gasteiger charge is -2.25. The lowest BCUT2D eigenvalue weighted by atomic mass is 9.85. The molecule has 0 spiro atoms. The number of aliphatic carboxylic acids is 1. The van der Waals surface area contributed by atoms with Crippen LogP contribution < -0.4 is 5.32 Å². The number of benzene rings is 1. The molecule has 1 aliphatic rings. The summed E-state index contributed by atoms with van der Waals surface area (Å²) in [6.07, 6.45) is 2.00. The van der Waals surface area contributed by atoms with Crippen molar-refractivity contribution in [2.75, 3.05) is 19.5 Å². The molecule has 0 saturated carbocycles. The number of nitrogens with one attached hydrogen (secondary N) is 1. The minimum absolute atomic E-state index is 0.111. The molecule has 6 heteroatoms. The van der Waals surface area contributed by atoms with Crippen molar-refractivity contribution in [3.8, 4) is 0 Å². The van der Waals surface area contributed by atoms with Crippen LogP contribution in [0.4, 0.5) is 0 Å². The molecular weight excluding hydrogens is 290 g/mol. The molecule has 2 N–H and O–H groups in total. The van der Waals surface area contributed by atoms with Gasteiger partial charge in [0.25, 0.3) is 5.91 Å². The third-order valence-corrected chi connectivity index (χ3v) is 4.37. The topological polar surface area (TPSA) is 75.6 Å². The maximum absolute atomic E-state index is 12.3. The summed E-state index contributed by atoms with van der Waals surface area (Å²) in [6.45, 7) is 1.93. The minimum atomic E-state index is -1.08. The van der Waals surface area contributed by atoms with Crippen LogP contribution in [0, 0.1) is 5.41 Å². The van der Waals surface area contributed by atoms with Crippen molar-refractivity contribution in [3.05, 3.63) is 35.4 Å². The van der Waals surface area contributed by atoms with Crippen LogP contribution in [0.5, 0.6) is 0 Å². The Labute approximate surface area is 128 Å². The van der Waals surface area contributed by atoms with Crippen LogP contribution in [-0.2, 0) is 15.3 Å². The maximum Gasteiger partial charge on any atom is 0.313 e. The van der Waals surface area contributed by atoms with Gasteiger partial charge >= 0.3 is 5.97 Å². The van der Waals surface area contributed by atoms with E-state index in [1.54, 1.807) is 24.8 Å². The summed E-state index contributed by atoms with van der Waals surface area (Å²) in [4.78, 5) is 23.7. The van der Waals surface area contributed by atoms with Crippen molar-refractivity contribution in [2.24, 2.45) is 5.41 Å². The second-order valence-corrected chi connectivity index (χ2v) is 6.26. The standard InChI is InChI=1S/C15H19NO4S/c1-15(14(18)19)9-20-7-12(15)16-13(17)11-5-3-4-10(6-11)8-21-2/h3-6,12H,7-9H2,1-2H3,(H,16,17)(H,18,19). The second kappa shape index (κ2) is 6.49. The molecule has 2 rings (SSSR count). The number of hydrogen-bond acceptors (Lipinski definition) is 4. The van der Waals surface area contributed by atoms with Gasteiger partial charge in [0.05, 0.1) is 19.3 Å². The van der Waals surface area contributed by atoms with Crippen molar-refractivity contribution in [2.45, 2.75) is 18.7 Å². The van der Waals surface area contributed by atoms with Gasteiger partial charge in [0.1, 0.15) is 5.41 Å².